The van der Waals surface area contributed by atoms with Crippen molar-refractivity contribution in [2.45, 2.75) is 38.7 Å². The lowest BCUT2D eigenvalue weighted by atomic mass is 9.89. The molecule has 0 amide bonds. The lowest BCUT2D eigenvalue weighted by Crippen LogP contribution is -2.40. The summed E-state index contributed by atoms with van der Waals surface area (Å²) in [4.78, 5) is 3.51. The fourth-order valence-corrected chi connectivity index (χ4v) is 3.80. The number of fused-ring (bicyclic) bond motifs is 3. The van der Waals surface area contributed by atoms with Crippen LogP contribution in [0.1, 0.15) is 37.1 Å². The minimum Gasteiger partial charge on any atom is -0.366 e. The van der Waals surface area contributed by atoms with Gasteiger partial charge in [-0.25, -0.2) is 0 Å². The van der Waals surface area contributed by atoms with Crippen molar-refractivity contribution in [3.63, 3.8) is 0 Å². The molecule has 0 unspecified atom stereocenters. The number of ether oxygens (including phenoxy) is 1. The maximum atomic E-state index is 11.4. The fraction of sp³-hybridized carbons (Fsp3) is 0.529. The molecule has 126 valence electrons. The van der Waals surface area contributed by atoms with Crippen molar-refractivity contribution in [1.29, 1.82) is 0 Å². The van der Waals surface area contributed by atoms with E-state index >= 15 is 0 Å². The lowest BCUT2D eigenvalue weighted by Gasteiger charge is -2.36. The van der Waals surface area contributed by atoms with Gasteiger partial charge in [0.05, 0.1) is 18.6 Å². The second-order valence-electron chi connectivity index (χ2n) is 6.08. The van der Waals surface area contributed by atoms with Gasteiger partial charge in [-0.05, 0) is 30.4 Å². The Hall–Kier alpha value is -1.37. The zero-order valence-electron chi connectivity index (χ0n) is 13.8. The zero-order chi connectivity index (χ0) is 16.7. The first-order valence-electron chi connectivity index (χ1n) is 8.01. The van der Waals surface area contributed by atoms with Gasteiger partial charge < -0.3 is 9.72 Å². The van der Waals surface area contributed by atoms with Gasteiger partial charge in [-0.2, -0.15) is 8.42 Å². The summed E-state index contributed by atoms with van der Waals surface area (Å²) in [7, 11) is -3.51. The number of aromatic nitrogens is 1. The number of para-hydroxylation sites is 1. The fourth-order valence-electron chi connectivity index (χ4n) is 3.40. The first-order valence-corrected chi connectivity index (χ1v) is 9.83. The molecule has 1 atom stereocenters. The summed E-state index contributed by atoms with van der Waals surface area (Å²) in [6, 6.07) is 6.31. The molecule has 1 N–H and O–H groups in total. The molecule has 1 aliphatic rings. The predicted molar refractivity (Wildman–Crippen MR) is 90.1 cm³/mol. The van der Waals surface area contributed by atoms with Crippen LogP contribution < -0.4 is 0 Å². The molecule has 0 saturated heterocycles. The molecular weight excluding hydrogens is 314 g/mol. The van der Waals surface area contributed by atoms with Crippen molar-refractivity contribution in [1.82, 2.24) is 4.98 Å². The summed E-state index contributed by atoms with van der Waals surface area (Å²) in [6.07, 6.45) is 3.48. The summed E-state index contributed by atoms with van der Waals surface area (Å²) < 4.78 is 34.0. The van der Waals surface area contributed by atoms with Crippen molar-refractivity contribution < 1.29 is 17.3 Å². The first kappa shape index (κ1) is 16.5. The van der Waals surface area contributed by atoms with Crippen LogP contribution in [-0.4, -0.2) is 32.9 Å². The van der Waals surface area contributed by atoms with E-state index in [1.807, 2.05) is 6.92 Å². The molecule has 5 nitrogen and oxygen atoms in total. The third kappa shape index (κ3) is 2.91. The second kappa shape index (κ2) is 5.92. The second-order valence-corrected chi connectivity index (χ2v) is 7.73. The highest BCUT2D eigenvalue weighted by Gasteiger charge is 2.40. The molecule has 3 rings (SSSR count). The third-order valence-electron chi connectivity index (χ3n) is 4.67. The van der Waals surface area contributed by atoms with Crippen LogP contribution in [0.2, 0.25) is 0 Å². The van der Waals surface area contributed by atoms with Crippen LogP contribution in [0.15, 0.2) is 18.2 Å². The van der Waals surface area contributed by atoms with Crippen LogP contribution in [0.3, 0.4) is 0 Å². The number of hydrogen-bond donors (Lipinski definition) is 1. The Labute approximate surface area is 137 Å². The predicted octanol–water partition coefficient (Wildman–Crippen LogP) is 2.88. The zero-order valence-corrected chi connectivity index (χ0v) is 14.6. The minimum atomic E-state index is -3.51. The molecule has 0 aliphatic carbocycles. The number of hydrogen-bond acceptors (Lipinski definition) is 4. The van der Waals surface area contributed by atoms with E-state index in [0.717, 1.165) is 30.3 Å². The minimum absolute atomic E-state index is 0.00358. The van der Waals surface area contributed by atoms with Crippen LogP contribution >= 0.6 is 0 Å². The van der Waals surface area contributed by atoms with Gasteiger partial charge in [0.2, 0.25) is 0 Å². The standard InChI is InChI=1S/C17H23NO4S/c1-4-12-7-6-8-13-14-9-10-21-17(5-2,11-22-23(3,19)20)16(14)18-15(12)13/h6-8,18H,4-5,9-11H2,1-3H3/t17-/m0/s1. The van der Waals surface area contributed by atoms with E-state index in [-0.39, 0.29) is 6.61 Å². The maximum Gasteiger partial charge on any atom is 0.264 e. The highest BCUT2D eigenvalue weighted by Crippen LogP contribution is 2.40. The first-order chi connectivity index (χ1) is 10.9. The van der Waals surface area contributed by atoms with Crippen molar-refractivity contribution in [3.8, 4) is 0 Å². The highest BCUT2D eigenvalue weighted by molar-refractivity contribution is 7.85. The van der Waals surface area contributed by atoms with E-state index in [0.29, 0.717) is 13.0 Å². The van der Waals surface area contributed by atoms with E-state index < -0.39 is 15.7 Å². The SMILES string of the molecule is CCc1cccc2c3c([nH]c12)[C@](CC)(COS(C)(=O)=O)OCC3. The molecule has 6 heteroatoms. The van der Waals surface area contributed by atoms with Gasteiger partial charge in [0, 0.05) is 10.9 Å². The average molecular weight is 337 g/mol. The van der Waals surface area contributed by atoms with E-state index in [4.69, 9.17) is 8.92 Å². The topological polar surface area (TPSA) is 68.4 Å². The lowest BCUT2D eigenvalue weighted by molar-refractivity contribution is -0.0909. The van der Waals surface area contributed by atoms with Crippen molar-refractivity contribution in [3.05, 3.63) is 35.0 Å². The molecule has 1 aromatic heterocycles. The van der Waals surface area contributed by atoms with E-state index in [9.17, 15) is 8.42 Å². The number of aryl methyl sites for hydroxylation is 1. The largest absolute Gasteiger partial charge is 0.366 e. The molecule has 0 bridgehead atoms. The van der Waals surface area contributed by atoms with Gasteiger partial charge in [0.25, 0.3) is 10.1 Å². The highest BCUT2D eigenvalue weighted by atomic mass is 32.2. The van der Waals surface area contributed by atoms with Crippen LogP contribution in [-0.2, 0) is 37.5 Å². The molecule has 0 saturated carbocycles. The summed E-state index contributed by atoms with van der Waals surface area (Å²) in [5.74, 6) is 0. The van der Waals surface area contributed by atoms with Gasteiger partial charge in [0.1, 0.15) is 12.2 Å². The Bertz CT molecular complexity index is 824. The summed E-state index contributed by atoms with van der Waals surface area (Å²) >= 11 is 0. The average Bonchev–Trinajstić information content (AvgIpc) is 2.92. The van der Waals surface area contributed by atoms with E-state index in [2.05, 4.69) is 30.1 Å². The Balaban J connectivity index is 2.14. The van der Waals surface area contributed by atoms with Gasteiger partial charge in [-0.3, -0.25) is 4.18 Å². The van der Waals surface area contributed by atoms with Gasteiger partial charge in [-0.15, -0.1) is 0 Å². The summed E-state index contributed by atoms with van der Waals surface area (Å²) in [5, 5.41) is 1.21. The van der Waals surface area contributed by atoms with Crippen LogP contribution in [0.4, 0.5) is 0 Å². The van der Waals surface area contributed by atoms with Crippen molar-refractivity contribution in [2.75, 3.05) is 19.5 Å². The molecule has 23 heavy (non-hydrogen) atoms. The Morgan fingerprint density at radius 2 is 2.13 bits per heavy atom. The molecule has 0 fully saturated rings. The molecule has 2 heterocycles. The molecular formula is C17H23NO4S. The summed E-state index contributed by atoms with van der Waals surface area (Å²) in [6.45, 7) is 4.69. The molecule has 1 aliphatic heterocycles. The molecule has 0 spiro atoms. The summed E-state index contributed by atoms with van der Waals surface area (Å²) in [5.41, 5.74) is 3.83. The number of benzene rings is 1. The van der Waals surface area contributed by atoms with Crippen LogP contribution in [0.25, 0.3) is 10.9 Å². The van der Waals surface area contributed by atoms with Crippen molar-refractivity contribution in [2.24, 2.45) is 0 Å². The van der Waals surface area contributed by atoms with Crippen LogP contribution in [0, 0.1) is 0 Å². The smallest absolute Gasteiger partial charge is 0.264 e. The normalized spacial score (nSPS) is 21.5. The van der Waals surface area contributed by atoms with Crippen LogP contribution in [0.5, 0.6) is 0 Å². The Morgan fingerprint density at radius 3 is 2.78 bits per heavy atom. The van der Waals surface area contributed by atoms with E-state index in [1.54, 1.807) is 0 Å². The van der Waals surface area contributed by atoms with Gasteiger partial charge in [0.15, 0.2) is 0 Å². The monoisotopic (exact) mass is 337 g/mol. The molecule has 2 aromatic rings. The quantitative estimate of drug-likeness (QED) is 0.852. The molecule has 0 radical (unpaired) electrons. The number of aromatic amines is 1. The number of nitrogens with one attached hydrogen (secondary N) is 1. The maximum absolute atomic E-state index is 11.4. The van der Waals surface area contributed by atoms with Crippen molar-refractivity contribution >= 4 is 21.0 Å². The van der Waals surface area contributed by atoms with Gasteiger partial charge >= 0.3 is 0 Å². The third-order valence-corrected chi connectivity index (χ3v) is 5.22. The Kier molecular flexibility index (Phi) is 4.25. The Morgan fingerprint density at radius 1 is 1.35 bits per heavy atom. The van der Waals surface area contributed by atoms with E-state index in [1.165, 1.54) is 16.5 Å². The number of rotatable bonds is 5. The van der Waals surface area contributed by atoms with Gasteiger partial charge in [-0.1, -0.05) is 32.0 Å². The molecule has 1 aromatic carbocycles. The number of H-pyrrole nitrogens is 1.